The van der Waals surface area contributed by atoms with Crippen molar-refractivity contribution < 1.29 is 0 Å². The van der Waals surface area contributed by atoms with Gasteiger partial charge in [0.25, 0.3) is 0 Å². The van der Waals surface area contributed by atoms with Gasteiger partial charge in [-0.25, -0.2) is 0 Å². The maximum Gasteiger partial charge on any atom is -0.0240 e. The van der Waals surface area contributed by atoms with Gasteiger partial charge in [-0.15, -0.1) is 0 Å². The minimum absolute atomic E-state index is 0.104. The smallest absolute Gasteiger partial charge is 0.0240 e. The molecule has 0 saturated heterocycles. The highest BCUT2D eigenvalue weighted by Gasteiger charge is 2.10. The van der Waals surface area contributed by atoms with Crippen molar-refractivity contribution in [1.82, 2.24) is 0 Å². The molecule has 0 aromatic heterocycles. The lowest BCUT2D eigenvalue weighted by atomic mass is 10.2. The molecular formula is C18H31P. The predicted octanol–water partition coefficient (Wildman–Crippen LogP) is 5.87. The number of aryl methyl sites for hydroxylation is 1. The van der Waals surface area contributed by atoms with Gasteiger partial charge in [-0.05, 0) is 37.4 Å². The van der Waals surface area contributed by atoms with Crippen molar-refractivity contribution in [2.45, 2.75) is 65.7 Å². The Hall–Kier alpha value is -0.350. The van der Waals surface area contributed by atoms with E-state index in [9.17, 15) is 0 Å². The third kappa shape index (κ3) is 7.11. The molecule has 0 radical (unpaired) electrons. The zero-order valence-electron chi connectivity index (χ0n) is 13.1. The van der Waals surface area contributed by atoms with Crippen LogP contribution in [0, 0.1) is 6.92 Å². The van der Waals surface area contributed by atoms with Crippen LogP contribution in [-0.2, 0) is 0 Å². The first kappa shape index (κ1) is 16.7. The van der Waals surface area contributed by atoms with Gasteiger partial charge in [0, 0.05) is 0 Å². The Morgan fingerprint density at radius 3 is 1.84 bits per heavy atom. The van der Waals surface area contributed by atoms with Gasteiger partial charge >= 0.3 is 0 Å². The maximum absolute atomic E-state index is 2.38. The van der Waals surface area contributed by atoms with E-state index in [1.807, 2.05) is 0 Å². The van der Waals surface area contributed by atoms with Crippen LogP contribution in [0.2, 0.25) is 0 Å². The highest BCUT2D eigenvalue weighted by atomic mass is 31.1. The summed E-state index contributed by atoms with van der Waals surface area (Å²) in [6, 6.07) is 9.34. The standard InChI is InChI=1S/C18H31P/c1-4-6-8-10-16-19(15-9-7-5-2)18-13-11-17(3)12-14-18/h11-14H,4-10,15-16H2,1-3H3. The van der Waals surface area contributed by atoms with E-state index in [0.717, 1.165) is 0 Å². The summed E-state index contributed by atoms with van der Waals surface area (Å²) in [6.45, 7) is 6.78. The lowest BCUT2D eigenvalue weighted by Gasteiger charge is -2.18. The van der Waals surface area contributed by atoms with Crippen LogP contribution in [-0.4, -0.2) is 12.3 Å². The molecular weight excluding hydrogens is 247 g/mol. The van der Waals surface area contributed by atoms with Crippen molar-refractivity contribution in [1.29, 1.82) is 0 Å². The van der Waals surface area contributed by atoms with Gasteiger partial charge in [0.2, 0.25) is 0 Å². The monoisotopic (exact) mass is 278 g/mol. The molecule has 0 heterocycles. The Labute approximate surface area is 121 Å². The van der Waals surface area contributed by atoms with Crippen LogP contribution in [0.25, 0.3) is 0 Å². The quantitative estimate of drug-likeness (QED) is 0.371. The zero-order chi connectivity index (χ0) is 13.9. The molecule has 1 unspecified atom stereocenters. The van der Waals surface area contributed by atoms with E-state index >= 15 is 0 Å². The Bertz CT molecular complexity index is 315. The summed E-state index contributed by atoms with van der Waals surface area (Å²) in [4.78, 5) is 0. The molecule has 0 aliphatic carbocycles. The summed E-state index contributed by atoms with van der Waals surface area (Å²) >= 11 is 0. The van der Waals surface area contributed by atoms with Crippen molar-refractivity contribution in [3.8, 4) is 0 Å². The Kier molecular flexibility index (Phi) is 9.18. The van der Waals surface area contributed by atoms with Gasteiger partial charge in [0.15, 0.2) is 0 Å². The van der Waals surface area contributed by atoms with Crippen molar-refractivity contribution in [3.05, 3.63) is 29.8 Å². The summed E-state index contributed by atoms with van der Waals surface area (Å²) in [5.74, 6) is 0. The SMILES string of the molecule is CCCCCCP(CCCCC)c1ccc(C)cc1. The summed E-state index contributed by atoms with van der Waals surface area (Å²) in [6.07, 6.45) is 12.7. The molecule has 1 aromatic rings. The first-order valence-corrected chi connectivity index (χ1v) is 9.80. The molecule has 0 fully saturated rings. The molecule has 0 nitrogen and oxygen atoms in total. The van der Waals surface area contributed by atoms with Gasteiger partial charge in [-0.2, -0.15) is 0 Å². The molecule has 0 spiro atoms. The van der Waals surface area contributed by atoms with Gasteiger partial charge in [0.05, 0.1) is 0 Å². The van der Waals surface area contributed by atoms with Gasteiger partial charge < -0.3 is 0 Å². The Morgan fingerprint density at radius 1 is 0.737 bits per heavy atom. The summed E-state index contributed by atoms with van der Waals surface area (Å²) in [7, 11) is 0.104. The molecule has 108 valence electrons. The Morgan fingerprint density at radius 2 is 1.26 bits per heavy atom. The summed E-state index contributed by atoms with van der Waals surface area (Å²) in [5.41, 5.74) is 1.39. The van der Waals surface area contributed by atoms with Gasteiger partial charge in [-0.1, -0.05) is 83.7 Å². The number of hydrogen-bond donors (Lipinski definition) is 0. The van der Waals surface area contributed by atoms with E-state index in [4.69, 9.17) is 0 Å². The molecule has 0 bridgehead atoms. The highest BCUT2D eigenvalue weighted by Crippen LogP contribution is 2.37. The second-order valence-electron chi connectivity index (χ2n) is 5.59. The molecule has 1 atom stereocenters. The predicted molar refractivity (Wildman–Crippen MR) is 91.1 cm³/mol. The first-order chi connectivity index (χ1) is 9.27. The highest BCUT2D eigenvalue weighted by molar-refractivity contribution is 7.65. The number of rotatable bonds is 10. The van der Waals surface area contributed by atoms with Gasteiger partial charge in [-0.3, -0.25) is 0 Å². The van der Waals surface area contributed by atoms with E-state index in [0.29, 0.717) is 0 Å². The molecule has 1 aromatic carbocycles. The van der Waals surface area contributed by atoms with Crippen LogP contribution in [0.5, 0.6) is 0 Å². The average molecular weight is 278 g/mol. The van der Waals surface area contributed by atoms with Crippen LogP contribution in [0.15, 0.2) is 24.3 Å². The third-order valence-corrected chi connectivity index (χ3v) is 6.45. The summed E-state index contributed by atoms with van der Waals surface area (Å²) in [5, 5.41) is 1.63. The summed E-state index contributed by atoms with van der Waals surface area (Å²) < 4.78 is 0. The second kappa shape index (κ2) is 10.4. The molecule has 0 N–H and O–H groups in total. The molecule has 19 heavy (non-hydrogen) atoms. The van der Waals surface area contributed by atoms with Crippen LogP contribution in [0.4, 0.5) is 0 Å². The van der Waals surface area contributed by atoms with Crippen LogP contribution >= 0.6 is 7.92 Å². The first-order valence-electron chi connectivity index (χ1n) is 8.09. The lowest BCUT2D eigenvalue weighted by Crippen LogP contribution is -2.06. The minimum Gasteiger partial charge on any atom is -0.0753 e. The van der Waals surface area contributed by atoms with Crippen molar-refractivity contribution >= 4 is 13.2 Å². The van der Waals surface area contributed by atoms with Gasteiger partial charge in [0.1, 0.15) is 0 Å². The largest absolute Gasteiger partial charge is 0.0753 e. The van der Waals surface area contributed by atoms with Crippen molar-refractivity contribution in [2.75, 3.05) is 12.3 Å². The number of unbranched alkanes of at least 4 members (excludes halogenated alkanes) is 5. The zero-order valence-corrected chi connectivity index (χ0v) is 14.0. The lowest BCUT2D eigenvalue weighted by molar-refractivity contribution is 0.704. The molecule has 0 saturated carbocycles. The fourth-order valence-corrected chi connectivity index (χ4v) is 4.93. The fraction of sp³-hybridized carbons (Fsp3) is 0.667. The normalized spacial score (nSPS) is 12.6. The molecule has 0 aliphatic rings. The van der Waals surface area contributed by atoms with E-state index in [-0.39, 0.29) is 7.92 Å². The van der Waals surface area contributed by atoms with Crippen LogP contribution in [0.3, 0.4) is 0 Å². The number of hydrogen-bond acceptors (Lipinski definition) is 0. The molecule has 0 aliphatic heterocycles. The Balaban J connectivity index is 2.49. The third-order valence-electron chi connectivity index (χ3n) is 3.71. The fourth-order valence-electron chi connectivity index (χ4n) is 2.41. The molecule has 1 heteroatoms. The van der Waals surface area contributed by atoms with Crippen LogP contribution in [0.1, 0.15) is 64.4 Å². The van der Waals surface area contributed by atoms with Crippen molar-refractivity contribution in [2.24, 2.45) is 0 Å². The van der Waals surface area contributed by atoms with E-state index in [1.165, 1.54) is 62.8 Å². The van der Waals surface area contributed by atoms with Crippen molar-refractivity contribution in [3.63, 3.8) is 0 Å². The average Bonchev–Trinajstić information content (AvgIpc) is 2.43. The van der Waals surface area contributed by atoms with E-state index in [1.54, 1.807) is 5.30 Å². The van der Waals surface area contributed by atoms with E-state index < -0.39 is 0 Å². The second-order valence-corrected chi connectivity index (χ2v) is 8.08. The maximum atomic E-state index is 2.38. The minimum atomic E-state index is 0.104. The topological polar surface area (TPSA) is 0 Å². The molecule has 0 amide bonds. The number of benzene rings is 1. The molecule has 1 rings (SSSR count). The van der Waals surface area contributed by atoms with E-state index in [2.05, 4.69) is 45.0 Å². The van der Waals surface area contributed by atoms with Crippen LogP contribution < -0.4 is 5.30 Å².